The number of amides is 1. The molecule has 1 saturated carbocycles. The third-order valence-electron chi connectivity index (χ3n) is 3.00. The van der Waals surface area contributed by atoms with Crippen LogP contribution in [-0.4, -0.2) is 38.3 Å². The molecule has 0 radical (unpaired) electrons. The standard InChI is InChI=1S/C11H20N2O2/c14-11(13-6-9-3-4-9)7-12-10-2-1-5-15-8-10/h9-10,12H,1-8H2,(H,13,14). The van der Waals surface area contributed by atoms with E-state index in [1.165, 1.54) is 12.8 Å². The van der Waals surface area contributed by atoms with Gasteiger partial charge >= 0.3 is 0 Å². The molecule has 1 heterocycles. The summed E-state index contributed by atoms with van der Waals surface area (Å²) in [4.78, 5) is 11.4. The van der Waals surface area contributed by atoms with Gasteiger partial charge in [-0.25, -0.2) is 0 Å². The molecule has 0 spiro atoms. The first-order valence-corrected chi connectivity index (χ1v) is 5.92. The molecule has 86 valence electrons. The molecule has 2 rings (SSSR count). The Morgan fingerprint density at radius 3 is 2.87 bits per heavy atom. The summed E-state index contributed by atoms with van der Waals surface area (Å²) >= 11 is 0. The quantitative estimate of drug-likeness (QED) is 0.688. The van der Waals surface area contributed by atoms with Crippen molar-refractivity contribution in [2.24, 2.45) is 5.92 Å². The lowest BCUT2D eigenvalue weighted by Gasteiger charge is -2.22. The van der Waals surface area contributed by atoms with E-state index in [1.54, 1.807) is 0 Å². The molecule has 1 aliphatic carbocycles. The second-order valence-electron chi connectivity index (χ2n) is 4.54. The smallest absolute Gasteiger partial charge is 0.233 e. The van der Waals surface area contributed by atoms with Gasteiger partial charge in [-0.2, -0.15) is 0 Å². The van der Waals surface area contributed by atoms with Crippen molar-refractivity contribution in [3.8, 4) is 0 Å². The van der Waals surface area contributed by atoms with E-state index < -0.39 is 0 Å². The predicted molar refractivity (Wildman–Crippen MR) is 57.6 cm³/mol. The largest absolute Gasteiger partial charge is 0.380 e. The van der Waals surface area contributed by atoms with Gasteiger partial charge in [0.15, 0.2) is 0 Å². The number of hydrogen-bond donors (Lipinski definition) is 2. The third kappa shape index (κ3) is 4.18. The predicted octanol–water partition coefficient (Wildman–Crippen LogP) is 0.281. The lowest BCUT2D eigenvalue weighted by atomic mass is 10.1. The number of nitrogens with one attached hydrogen (secondary N) is 2. The molecule has 0 aromatic carbocycles. The molecule has 2 fully saturated rings. The summed E-state index contributed by atoms with van der Waals surface area (Å²) in [6, 6.07) is 0.366. The normalized spacial score (nSPS) is 26.3. The molecular weight excluding hydrogens is 192 g/mol. The van der Waals surface area contributed by atoms with E-state index in [-0.39, 0.29) is 5.91 Å². The van der Waals surface area contributed by atoms with E-state index in [0.29, 0.717) is 12.6 Å². The second-order valence-corrected chi connectivity index (χ2v) is 4.54. The number of ether oxygens (including phenoxy) is 1. The third-order valence-corrected chi connectivity index (χ3v) is 3.00. The number of rotatable bonds is 5. The summed E-state index contributed by atoms with van der Waals surface area (Å²) in [5, 5.41) is 6.17. The van der Waals surface area contributed by atoms with Crippen molar-refractivity contribution in [3.05, 3.63) is 0 Å². The zero-order chi connectivity index (χ0) is 10.5. The minimum Gasteiger partial charge on any atom is -0.380 e. The van der Waals surface area contributed by atoms with Crippen LogP contribution in [0.1, 0.15) is 25.7 Å². The molecule has 15 heavy (non-hydrogen) atoms. The lowest BCUT2D eigenvalue weighted by Crippen LogP contribution is -2.43. The molecule has 4 heteroatoms. The maximum absolute atomic E-state index is 11.4. The van der Waals surface area contributed by atoms with Crippen LogP contribution >= 0.6 is 0 Å². The van der Waals surface area contributed by atoms with Crippen LogP contribution in [0.25, 0.3) is 0 Å². The van der Waals surface area contributed by atoms with Crippen molar-refractivity contribution >= 4 is 5.91 Å². The van der Waals surface area contributed by atoms with Gasteiger partial charge in [-0.15, -0.1) is 0 Å². The maximum Gasteiger partial charge on any atom is 0.233 e. The topological polar surface area (TPSA) is 50.4 Å². The van der Waals surface area contributed by atoms with Crippen LogP contribution < -0.4 is 10.6 Å². The molecule has 4 nitrogen and oxygen atoms in total. The van der Waals surface area contributed by atoms with Crippen LogP contribution in [0.3, 0.4) is 0 Å². The van der Waals surface area contributed by atoms with Crippen molar-refractivity contribution in [1.29, 1.82) is 0 Å². The second kappa shape index (κ2) is 5.47. The highest BCUT2D eigenvalue weighted by Gasteiger charge is 2.21. The molecule has 1 atom stereocenters. The molecule has 0 aromatic heterocycles. The highest BCUT2D eigenvalue weighted by atomic mass is 16.5. The summed E-state index contributed by atoms with van der Waals surface area (Å²) in [6.45, 7) is 2.91. The van der Waals surface area contributed by atoms with Gasteiger partial charge in [-0.05, 0) is 31.6 Å². The van der Waals surface area contributed by atoms with Crippen LogP contribution in [0, 0.1) is 5.92 Å². The fourth-order valence-corrected chi connectivity index (χ4v) is 1.78. The van der Waals surface area contributed by atoms with Crippen molar-refractivity contribution in [2.45, 2.75) is 31.7 Å². The fourth-order valence-electron chi connectivity index (χ4n) is 1.78. The summed E-state index contributed by atoms with van der Waals surface area (Å²) in [5.41, 5.74) is 0. The Morgan fingerprint density at radius 2 is 2.20 bits per heavy atom. The Hall–Kier alpha value is -0.610. The molecule has 0 aromatic rings. The lowest BCUT2D eigenvalue weighted by molar-refractivity contribution is -0.120. The molecule has 0 bridgehead atoms. The summed E-state index contributed by atoms with van der Waals surface area (Å²) in [6.07, 6.45) is 4.78. The number of carbonyl (C=O) groups is 1. The van der Waals surface area contributed by atoms with Crippen LogP contribution in [-0.2, 0) is 9.53 Å². The average molecular weight is 212 g/mol. The van der Waals surface area contributed by atoms with Gasteiger partial charge in [-0.1, -0.05) is 0 Å². The fraction of sp³-hybridized carbons (Fsp3) is 0.909. The van der Waals surface area contributed by atoms with Crippen molar-refractivity contribution in [1.82, 2.24) is 10.6 Å². The Kier molecular flexibility index (Phi) is 3.97. The van der Waals surface area contributed by atoms with Crippen molar-refractivity contribution < 1.29 is 9.53 Å². The summed E-state index contributed by atoms with van der Waals surface area (Å²) in [7, 11) is 0. The number of carbonyl (C=O) groups excluding carboxylic acids is 1. The first-order valence-electron chi connectivity index (χ1n) is 5.92. The van der Waals surface area contributed by atoms with E-state index in [9.17, 15) is 4.79 Å². The zero-order valence-corrected chi connectivity index (χ0v) is 9.13. The van der Waals surface area contributed by atoms with Crippen LogP contribution in [0.5, 0.6) is 0 Å². The monoisotopic (exact) mass is 212 g/mol. The van der Waals surface area contributed by atoms with Crippen LogP contribution in [0.4, 0.5) is 0 Å². The van der Waals surface area contributed by atoms with Crippen LogP contribution in [0.2, 0.25) is 0 Å². The minimum absolute atomic E-state index is 0.118. The van der Waals surface area contributed by atoms with Gasteiger partial charge in [0.1, 0.15) is 0 Å². The summed E-state index contributed by atoms with van der Waals surface area (Å²) < 4.78 is 5.33. The minimum atomic E-state index is 0.118. The van der Waals surface area contributed by atoms with Gasteiger partial charge in [-0.3, -0.25) is 4.79 Å². The van der Waals surface area contributed by atoms with Gasteiger partial charge in [0.05, 0.1) is 13.2 Å². The Morgan fingerprint density at radius 1 is 1.33 bits per heavy atom. The van der Waals surface area contributed by atoms with Gasteiger partial charge in [0.25, 0.3) is 0 Å². The SMILES string of the molecule is O=C(CNC1CCCOC1)NCC1CC1. The first-order chi connectivity index (χ1) is 7.34. The Balaban J connectivity index is 1.53. The van der Waals surface area contributed by atoms with Gasteiger partial charge in [0, 0.05) is 19.2 Å². The summed E-state index contributed by atoms with van der Waals surface area (Å²) in [5.74, 6) is 0.874. The van der Waals surface area contributed by atoms with Crippen LogP contribution in [0.15, 0.2) is 0 Å². The Bertz CT molecular complexity index is 211. The molecular formula is C11H20N2O2. The van der Waals surface area contributed by atoms with Crippen molar-refractivity contribution in [3.63, 3.8) is 0 Å². The zero-order valence-electron chi connectivity index (χ0n) is 9.13. The first kappa shape index (κ1) is 10.9. The molecule has 1 amide bonds. The highest BCUT2D eigenvalue weighted by Crippen LogP contribution is 2.27. The molecule has 1 aliphatic heterocycles. The van der Waals surface area contributed by atoms with E-state index in [1.807, 2.05) is 0 Å². The molecule has 2 aliphatic rings. The van der Waals surface area contributed by atoms with E-state index in [2.05, 4.69) is 10.6 Å². The average Bonchev–Trinajstić information content (AvgIpc) is 3.09. The highest BCUT2D eigenvalue weighted by molar-refractivity contribution is 5.78. The van der Waals surface area contributed by atoms with Gasteiger partial charge < -0.3 is 15.4 Å². The molecule has 1 unspecified atom stereocenters. The maximum atomic E-state index is 11.4. The van der Waals surface area contributed by atoms with E-state index in [0.717, 1.165) is 38.5 Å². The van der Waals surface area contributed by atoms with Gasteiger partial charge in [0.2, 0.25) is 5.91 Å². The molecule has 1 saturated heterocycles. The number of hydrogen-bond acceptors (Lipinski definition) is 3. The van der Waals surface area contributed by atoms with E-state index in [4.69, 9.17) is 4.74 Å². The van der Waals surface area contributed by atoms with E-state index >= 15 is 0 Å². The van der Waals surface area contributed by atoms with Crippen molar-refractivity contribution in [2.75, 3.05) is 26.3 Å². The Labute approximate surface area is 90.8 Å². The molecule has 2 N–H and O–H groups in total.